The molecule has 3 N–H and O–H groups in total. The van der Waals surface area contributed by atoms with Crippen molar-refractivity contribution < 1.29 is 14.3 Å². The number of nitrogens with two attached hydrogens (primary N) is 1. The molecule has 1 aromatic carbocycles. The van der Waals surface area contributed by atoms with Crippen LogP contribution in [0.25, 0.3) is 22.0 Å². The van der Waals surface area contributed by atoms with E-state index in [4.69, 9.17) is 5.73 Å². The van der Waals surface area contributed by atoms with E-state index in [-0.39, 0.29) is 17.0 Å². The van der Waals surface area contributed by atoms with Gasteiger partial charge in [-0.15, -0.1) is 0 Å². The van der Waals surface area contributed by atoms with Crippen molar-refractivity contribution in [2.75, 3.05) is 0 Å². The number of carboxylic acid groups (broad SMARTS) is 1. The summed E-state index contributed by atoms with van der Waals surface area (Å²) in [6.07, 6.45) is 3.16. The monoisotopic (exact) mass is 395 g/mol. The molecule has 0 bridgehead atoms. The van der Waals surface area contributed by atoms with Crippen LogP contribution in [0.3, 0.4) is 0 Å². The number of nitrogens with zero attached hydrogens (tertiary/aromatic N) is 2. The number of benzene rings is 1. The molecule has 1 saturated carbocycles. The Kier molecular flexibility index (Phi) is 4.31. The highest BCUT2D eigenvalue weighted by Gasteiger charge is 2.28. The summed E-state index contributed by atoms with van der Waals surface area (Å²) >= 11 is 0. The molecular formula is C22H22FN3O3. The molecule has 1 fully saturated rings. The predicted octanol–water partition coefficient (Wildman–Crippen LogP) is 3.74. The molecule has 4 rings (SSSR count). The third-order valence-electron chi connectivity index (χ3n) is 5.22. The van der Waals surface area contributed by atoms with Crippen molar-refractivity contribution in [2.24, 2.45) is 5.73 Å². The average molecular weight is 395 g/mol. The molecule has 0 saturated heterocycles. The third-order valence-corrected chi connectivity index (χ3v) is 5.22. The van der Waals surface area contributed by atoms with Gasteiger partial charge >= 0.3 is 5.97 Å². The second kappa shape index (κ2) is 6.49. The van der Waals surface area contributed by atoms with Crippen molar-refractivity contribution in [3.05, 3.63) is 63.5 Å². The smallest absolute Gasteiger partial charge is 0.341 e. The van der Waals surface area contributed by atoms with Gasteiger partial charge < -0.3 is 15.4 Å². The van der Waals surface area contributed by atoms with Gasteiger partial charge in [-0.05, 0) is 63.4 Å². The summed E-state index contributed by atoms with van der Waals surface area (Å²) in [5.41, 5.74) is 7.27. The molecule has 7 heteroatoms. The second-order valence-corrected chi connectivity index (χ2v) is 8.27. The van der Waals surface area contributed by atoms with Crippen molar-refractivity contribution >= 4 is 16.9 Å². The second-order valence-electron chi connectivity index (χ2n) is 8.27. The van der Waals surface area contributed by atoms with Crippen molar-refractivity contribution in [2.45, 2.75) is 45.2 Å². The van der Waals surface area contributed by atoms with Crippen LogP contribution in [0.5, 0.6) is 0 Å². The van der Waals surface area contributed by atoms with Crippen LogP contribution in [0.15, 0.2) is 35.3 Å². The maximum atomic E-state index is 15.1. The molecule has 6 nitrogen and oxygen atoms in total. The first-order valence-corrected chi connectivity index (χ1v) is 9.46. The summed E-state index contributed by atoms with van der Waals surface area (Å²) in [5.74, 6) is -1.90. The number of hydrogen-bond donors (Lipinski definition) is 2. The van der Waals surface area contributed by atoms with Crippen molar-refractivity contribution in [3.63, 3.8) is 0 Å². The van der Waals surface area contributed by atoms with Gasteiger partial charge in [0, 0.05) is 28.9 Å². The number of fused-ring (bicyclic) bond motifs is 1. The number of aryl methyl sites for hydroxylation is 1. The van der Waals surface area contributed by atoms with Gasteiger partial charge in [0.2, 0.25) is 5.43 Å². The van der Waals surface area contributed by atoms with Gasteiger partial charge in [-0.25, -0.2) is 9.18 Å². The van der Waals surface area contributed by atoms with E-state index < -0.39 is 22.8 Å². The Balaban J connectivity index is 2.01. The van der Waals surface area contributed by atoms with Crippen LogP contribution in [0.1, 0.15) is 54.5 Å². The van der Waals surface area contributed by atoms with E-state index in [9.17, 15) is 14.7 Å². The van der Waals surface area contributed by atoms with Crippen LogP contribution >= 0.6 is 0 Å². The largest absolute Gasteiger partial charge is 0.477 e. The van der Waals surface area contributed by atoms with Gasteiger partial charge in [-0.1, -0.05) is 0 Å². The summed E-state index contributed by atoms with van der Waals surface area (Å²) < 4.78 is 16.9. The number of aromatic carboxylic acids is 1. The Morgan fingerprint density at radius 2 is 1.97 bits per heavy atom. The molecule has 29 heavy (non-hydrogen) atoms. The van der Waals surface area contributed by atoms with E-state index in [1.807, 2.05) is 20.8 Å². The molecular weight excluding hydrogens is 373 g/mol. The molecule has 0 aliphatic heterocycles. The topological polar surface area (TPSA) is 98.2 Å². The van der Waals surface area contributed by atoms with E-state index in [0.29, 0.717) is 28.0 Å². The van der Waals surface area contributed by atoms with E-state index in [2.05, 4.69) is 4.98 Å². The molecule has 1 aliphatic carbocycles. The van der Waals surface area contributed by atoms with Gasteiger partial charge in [0.1, 0.15) is 11.4 Å². The summed E-state index contributed by atoms with van der Waals surface area (Å²) in [4.78, 5) is 28.6. The highest BCUT2D eigenvalue weighted by molar-refractivity contribution is 5.94. The van der Waals surface area contributed by atoms with Gasteiger partial charge in [-0.3, -0.25) is 9.78 Å². The number of hydrogen-bond acceptors (Lipinski definition) is 4. The number of carboxylic acids is 1. The summed E-state index contributed by atoms with van der Waals surface area (Å²) in [6.45, 7) is 5.47. The number of pyridine rings is 2. The third kappa shape index (κ3) is 3.42. The molecule has 3 aromatic rings. The lowest BCUT2D eigenvalue weighted by molar-refractivity contribution is 0.0695. The van der Waals surface area contributed by atoms with Crippen LogP contribution < -0.4 is 11.2 Å². The van der Waals surface area contributed by atoms with Gasteiger partial charge in [-0.2, -0.15) is 0 Å². The fourth-order valence-electron chi connectivity index (χ4n) is 3.55. The summed E-state index contributed by atoms with van der Waals surface area (Å²) in [6, 6.07) is 6.40. The number of aromatic nitrogens is 2. The first-order chi connectivity index (χ1) is 13.6. The normalized spacial score (nSPS) is 14.4. The SMILES string of the molecule is Cc1cc(-c2cc3c(cc2F)c(=O)c(C(=O)O)cn3C2CC2)cc(C(C)(C)N)n1. The van der Waals surface area contributed by atoms with Crippen LogP contribution in [-0.4, -0.2) is 20.6 Å². The first kappa shape index (κ1) is 19.3. The minimum Gasteiger partial charge on any atom is -0.477 e. The lowest BCUT2D eigenvalue weighted by Gasteiger charge is -2.20. The lowest BCUT2D eigenvalue weighted by atomic mass is 9.95. The van der Waals surface area contributed by atoms with Crippen molar-refractivity contribution in [1.82, 2.24) is 9.55 Å². The average Bonchev–Trinajstić information content (AvgIpc) is 3.45. The minimum atomic E-state index is -1.31. The molecule has 2 heterocycles. The van der Waals surface area contributed by atoms with Crippen molar-refractivity contribution in [3.8, 4) is 11.1 Å². The first-order valence-electron chi connectivity index (χ1n) is 9.46. The molecule has 0 radical (unpaired) electrons. The fourth-order valence-corrected chi connectivity index (χ4v) is 3.55. The maximum absolute atomic E-state index is 15.1. The Morgan fingerprint density at radius 3 is 2.55 bits per heavy atom. The predicted molar refractivity (Wildman–Crippen MR) is 109 cm³/mol. The Bertz CT molecular complexity index is 1220. The van der Waals surface area contributed by atoms with E-state index >= 15 is 4.39 Å². The standard InChI is InChI=1S/C22H22FN3O3/c1-11-6-12(7-19(25-11)22(2,3)24)14-9-18-15(8-17(14)23)20(27)16(21(28)29)10-26(18)13-4-5-13/h6-10,13H,4-5,24H2,1-3H3,(H,28,29). The Morgan fingerprint density at radius 1 is 1.28 bits per heavy atom. The zero-order valence-corrected chi connectivity index (χ0v) is 16.5. The van der Waals surface area contributed by atoms with Gasteiger partial charge in [0.05, 0.1) is 16.7 Å². The molecule has 0 unspecified atom stereocenters. The number of halogens is 1. The highest BCUT2D eigenvalue weighted by atomic mass is 19.1. The molecule has 0 atom stereocenters. The van der Waals surface area contributed by atoms with Crippen LogP contribution in [0, 0.1) is 12.7 Å². The molecule has 2 aromatic heterocycles. The molecule has 150 valence electrons. The summed E-state index contributed by atoms with van der Waals surface area (Å²) in [7, 11) is 0. The van der Waals surface area contributed by atoms with E-state index in [1.165, 1.54) is 6.20 Å². The number of rotatable bonds is 4. The summed E-state index contributed by atoms with van der Waals surface area (Å²) in [5, 5.41) is 9.44. The molecule has 1 aliphatic rings. The molecule has 0 amide bonds. The van der Waals surface area contributed by atoms with Gasteiger partial charge in [0.15, 0.2) is 0 Å². The maximum Gasteiger partial charge on any atom is 0.341 e. The lowest BCUT2D eigenvalue weighted by Crippen LogP contribution is -2.30. The fraction of sp³-hybridized carbons (Fsp3) is 0.318. The minimum absolute atomic E-state index is 0.0724. The Hall–Kier alpha value is -3.06. The zero-order valence-electron chi connectivity index (χ0n) is 16.5. The quantitative estimate of drug-likeness (QED) is 0.701. The van der Waals surface area contributed by atoms with E-state index in [1.54, 1.807) is 22.8 Å². The Labute approximate surface area is 166 Å². The van der Waals surface area contributed by atoms with E-state index in [0.717, 1.165) is 18.9 Å². The van der Waals surface area contributed by atoms with Crippen LogP contribution in [0.4, 0.5) is 4.39 Å². The van der Waals surface area contributed by atoms with Crippen LogP contribution in [-0.2, 0) is 5.54 Å². The highest BCUT2D eigenvalue weighted by Crippen LogP contribution is 2.38. The zero-order chi connectivity index (χ0) is 21.1. The number of carbonyl (C=O) groups is 1. The molecule has 0 spiro atoms. The van der Waals surface area contributed by atoms with Crippen LogP contribution in [0.2, 0.25) is 0 Å². The van der Waals surface area contributed by atoms with Gasteiger partial charge in [0.25, 0.3) is 0 Å². The van der Waals surface area contributed by atoms with Crippen molar-refractivity contribution in [1.29, 1.82) is 0 Å².